The molecule has 2 aromatic carbocycles. The summed E-state index contributed by atoms with van der Waals surface area (Å²) in [5.74, 6) is 0.121. The Morgan fingerprint density at radius 3 is 2.72 bits per heavy atom. The molecule has 10 heteroatoms. The molecule has 0 saturated carbocycles. The zero-order chi connectivity index (χ0) is 18.4. The number of ether oxygens (including phenoxy) is 1. The number of thiocarbonyl (C=S) groups is 1. The molecule has 0 unspecified atom stereocenters. The van der Waals surface area contributed by atoms with Crippen LogP contribution in [0.1, 0.15) is 11.1 Å². The van der Waals surface area contributed by atoms with Crippen molar-refractivity contribution in [2.24, 2.45) is 10.8 Å². The quantitative estimate of drug-likeness (QED) is 0.333. The van der Waals surface area contributed by atoms with E-state index in [0.29, 0.717) is 15.6 Å². The van der Waals surface area contributed by atoms with Crippen molar-refractivity contribution in [2.75, 3.05) is 0 Å². The van der Waals surface area contributed by atoms with Gasteiger partial charge in [0, 0.05) is 11.6 Å². The number of nitro groups is 1. The lowest BCUT2D eigenvalue weighted by molar-refractivity contribution is -0.385. The van der Waals surface area contributed by atoms with Gasteiger partial charge >= 0.3 is 5.69 Å². The van der Waals surface area contributed by atoms with E-state index in [9.17, 15) is 10.1 Å². The van der Waals surface area contributed by atoms with Crippen LogP contribution in [0.4, 0.5) is 5.69 Å². The van der Waals surface area contributed by atoms with E-state index >= 15 is 0 Å². The monoisotopic (exact) mass is 398 g/mol. The third-order valence-corrected chi connectivity index (χ3v) is 3.78. The van der Waals surface area contributed by atoms with Crippen LogP contribution in [0, 0.1) is 10.1 Å². The van der Waals surface area contributed by atoms with Crippen LogP contribution in [-0.2, 0) is 6.61 Å². The van der Waals surface area contributed by atoms with Gasteiger partial charge in [-0.05, 0) is 42.0 Å². The number of halogens is 2. The second-order valence-corrected chi connectivity index (χ2v) is 6.01. The maximum absolute atomic E-state index is 11.3. The van der Waals surface area contributed by atoms with Crippen molar-refractivity contribution < 1.29 is 9.66 Å². The van der Waals surface area contributed by atoms with Crippen LogP contribution < -0.4 is 15.9 Å². The maximum atomic E-state index is 11.3. The Labute approximate surface area is 158 Å². The molecule has 0 aliphatic rings. The summed E-state index contributed by atoms with van der Waals surface area (Å²) in [7, 11) is 0. The topological polar surface area (TPSA) is 103 Å². The lowest BCUT2D eigenvalue weighted by Gasteiger charge is -2.08. The third-order valence-electron chi connectivity index (χ3n) is 2.95. The summed E-state index contributed by atoms with van der Waals surface area (Å²) >= 11 is 16.4. The first-order valence-corrected chi connectivity index (χ1v) is 7.97. The maximum Gasteiger partial charge on any atom is 0.311 e. The minimum absolute atomic E-state index is 0.00710. The summed E-state index contributed by atoms with van der Waals surface area (Å²) in [5, 5.41) is 15.8. The molecule has 0 amide bonds. The van der Waals surface area contributed by atoms with Crippen molar-refractivity contribution in [3.63, 3.8) is 0 Å². The van der Waals surface area contributed by atoms with Gasteiger partial charge in [-0.2, -0.15) is 5.10 Å². The number of nitro benzene ring substituents is 1. The molecule has 0 aromatic heterocycles. The van der Waals surface area contributed by atoms with Gasteiger partial charge in [0.2, 0.25) is 0 Å². The van der Waals surface area contributed by atoms with Gasteiger partial charge in [0.25, 0.3) is 0 Å². The normalized spacial score (nSPS) is 10.6. The largest absolute Gasteiger partial charge is 0.482 e. The number of nitrogens with two attached hydrogens (primary N) is 1. The molecule has 0 aliphatic carbocycles. The number of rotatable bonds is 6. The van der Waals surface area contributed by atoms with Gasteiger partial charge in [0.05, 0.1) is 21.2 Å². The van der Waals surface area contributed by atoms with Gasteiger partial charge in [-0.3, -0.25) is 15.5 Å². The zero-order valence-electron chi connectivity index (χ0n) is 12.6. The molecule has 0 spiro atoms. The average Bonchev–Trinajstić information content (AvgIpc) is 2.56. The fraction of sp³-hybridized carbons (Fsp3) is 0.0667. The van der Waals surface area contributed by atoms with Crippen molar-refractivity contribution in [3.8, 4) is 5.75 Å². The number of hydrazone groups is 1. The van der Waals surface area contributed by atoms with Crippen LogP contribution in [0.5, 0.6) is 5.75 Å². The molecule has 0 bridgehead atoms. The molecule has 2 aromatic rings. The Balaban J connectivity index is 2.16. The molecule has 25 heavy (non-hydrogen) atoms. The second-order valence-electron chi connectivity index (χ2n) is 4.76. The van der Waals surface area contributed by atoms with Crippen LogP contribution >= 0.6 is 35.4 Å². The molecular formula is C15H12Cl2N4O3S. The van der Waals surface area contributed by atoms with Crippen molar-refractivity contribution in [3.05, 3.63) is 67.7 Å². The van der Waals surface area contributed by atoms with Crippen LogP contribution in [0.3, 0.4) is 0 Å². The van der Waals surface area contributed by atoms with Crippen molar-refractivity contribution in [1.82, 2.24) is 5.43 Å². The summed E-state index contributed by atoms with van der Waals surface area (Å²) in [6.07, 6.45) is 1.36. The molecule has 0 radical (unpaired) electrons. The SMILES string of the molecule is NC(=S)NN=Cc1ccc(OCc2ccc(Cl)c(Cl)c2)c([N+](=O)[O-])c1. The minimum atomic E-state index is -0.539. The highest BCUT2D eigenvalue weighted by Gasteiger charge is 2.16. The summed E-state index contributed by atoms with van der Waals surface area (Å²) in [6, 6.07) is 9.42. The molecule has 0 aliphatic heterocycles. The van der Waals surface area contributed by atoms with Crippen molar-refractivity contribution >= 4 is 52.4 Å². The summed E-state index contributed by atoms with van der Waals surface area (Å²) < 4.78 is 5.53. The number of nitrogens with zero attached hydrogens (tertiary/aromatic N) is 2. The predicted molar refractivity (Wildman–Crippen MR) is 101 cm³/mol. The Morgan fingerprint density at radius 1 is 1.32 bits per heavy atom. The van der Waals surface area contributed by atoms with Crippen molar-refractivity contribution in [1.29, 1.82) is 0 Å². The Kier molecular flexibility index (Phi) is 6.51. The first kappa shape index (κ1) is 18.9. The van der Waals surface area contributed by atoms with Crippen LogP contribution in [0.15, 0.2) is 41.5 Å². The summed E-state index contributed by atoms with van der Waals surface area (Å²) in [5.41, 5.74) is 8.62. The summed E-state index contributed by atoms with van der Waals surface area (Å²) in [6.45, 7) is 0.105. The van der Waals surface area contributed by atoms with E-state index < -0.39 is 4.92 Å². The molecule has 2 rings (SSSR count). The smallest absolute Gasteiger partial charge is 0.311 e. The van der Waals surface area contributed by atoms with Gasteiger partial charge in [0.15, 0.2) is 10.9 Å². The van der Waals surface area contributed by atoms with Gasteiger partial charge in [0.1, 0.15) is 6.61 Å². The molecular weight excluding hydrogens is 387 g/mol. The first-order valence-electron chi connectivity index (χ1n) is 6.80. The molecule has 0 saturated heterocycles. The van der Waals surface area contributed by atoms with E-state index in [1.165, 1.54) is 18.3 Å². The Morgan fingerprint density at radius 2 is 2.08 bits per heavy atom. The van der Waals surface area contributed by atoms with Gasteiger partial charge < -0.3 is 10.5 Å². The molecule has 130 valence electrons. The van der Waals surface area contributed by atoms with E-state index in [0.717, 1.165) is 5.56 Å². The van der Waals surface area contributed by atoms with E-state index in [2.05, 4.69) is 22.7 Å². The highest BCUT2D eigenvalue weighted by atomic mass is 35.5. The fourth-order valence-electron chi connectivity index (χ4n) is 1.84. The number of nitrogens with one attached hydrogen (secondary N) is 1. The Bertz CT molecular complexity index is 846. The lowest BCUT2D eigenvalue weighted by Crippen LogP contribution is -2.23. The molecule has 3 N–H and O–H groups in total. The van der Waals surface area contributed by atoms with Crippen LogP contribution in [0.2, 0.25) is 10.0 Å². The molecule has 0 heterocycles. The Hall–Kier alpha value is -2.42. The molecule has 7 nitrogen and oxygen atoms in total. The van der Waals surface area contributed by atoms with E-state index in [4.69, 9.17) is 33.7 Å². The minimum Gasteiger partial charge on any atom is -0.482 e. The fourth-order valence-corrected chi connectivity index (χ4v) is 2.21. The van der Waals surface area contributed by atoms with Crippen LogP contribution in [-0.4, -0.2) is 16.3 Å². The average molecular weight is 399 g/mol. The first-order chi connectivity index (χ1) is 11.9. The zero-order valence-corrected chi connectivity index (χ0v) is 14.9. The van der Waals surface area contributed by atoms with Gasteiger partial charge in [-0.15, -0.1) is 0 Å². The van der Waals surface area contributed by atoms with Crippen molar-refractivity contribution in [2.45, 2.75) is 6.61 Å². The predicted octanol–water partition coefficient (Wildman–Crippen LogP) is 3.65. The lowest BCUT2D eigenvalue weighted by atomic mass is 10.2. The number of hydrogen-bond acceptors (Lipinski definition) is 5. The standard InChI is InChI=1S/C15H12Cl2N4O3S/c16-11-3-1-10(5-12(11)17)8-24-14-4-2-9(6-13(14)21(22)23)7-19-20-15(18)25/h1-7H,8H2,(H3,18,20,25). The third kappa shape index (κ3) is 5.56. The van der Waals surface area contributed by atoms with Gasteiger partial charge in [-0.1, -0.05) is 29.3 Å². The molecule has 0 atom stereocenters. The summed E-state index contributed by atoms with van der Waals surface area (Å²) in [4.78, 5) is 10.7. The second kappa shape index (κ2) is 8.61. The highest BCUT2D eigenvalue weighted by molar-refractivity contribution is 7.80. The number of hydrogen-bond donors (Lipinski definition) is 2. The van der Waals surface area contributed by atoms with Crippen LogP contribution in [0.25, 0.3) is 0 Å². The number of benzene rings is 2. The van der Waals surface area contributed by atoms with E-state index in [1.54, 1.807) is 24.3 Å². The highest BCUT2D eigenvalue weighted by Crippen LogP contribution is 2.29. The van der Waals surface area contributed by atoms with E-state index in [-0.39, 0.29) is 23.2 Å². The molecule has 0 fully saturated rings. The van der Waals surface area contributed by atoms with E-state index in [1.807, 2.05) is 0 Å². The van der Waals surface area contributed by atoms with Gasteiger partial charge in [-0.25, -0.2) is 0 Å².